The standard InChI is InChI=1S/C24H25N9O2/c1-16(2)33-15-30-20-21(28-14-29-22(20)33)32-23(35-10-6-9-25)18-12-26-24(27-13-18)31-19(34)11-17-7-4-3-5-8-17/h3-5,7-8,12-16,23H,6,10-11H2,1-2H3,(H,28,29,32)(H,26,27,31,34). The highest BCUT2D eigenvalue weighted by atomic mass is 16.5. The highest BCUT2D eigenvalue weighted by molar-refractivity contribution is 5.90. The van der Waals surface area contributed by atoms with Crippen LogP contribution in [0.5, 0.6) is 0 Å². The van der Waals surface area contributed by atoms with Crippen molar-refractivity contribution in [3.8, 4) is 6.07 Å². The van der Waals surface area contributed by atoms with E-state index < -0.39 is 6.23 Å². The molecule has 1 amide bonds. The molecule has 0 fully saturated rings. The number of nitrogens with one attached hydrogen (secondary N) is 2. The zero-order valence-electron chi connectivity index (χ0n) is 19.4. The smallest absolute Gasteiger partial charge is 0.231 e. The third-order valence-electron chi connectivity index (χ3n) is 5.11. The summed E-state index contributed by atoms with van der Waals surface area (Å²) in [5.41, 5.74) is 2.79. The van der Waals surface area contributed by atoms with Crippen LogP contribution in [0.15, 0.2) is 55.4 Å². The minimum Gasteiger partial charge on any atom is -0.353 e. The number of ether oxygens (including phenoxy) is 1. The molecule has 2 N–H and O–H groups in total. The van der Waals surface area contributed by atoms with Crippen molar-refractivity contribution in [2.24, 2.45) is 0 Å². The third-order valence-corrected chi connectivity index (χ3v) is 5.11. The summed E-state index contributed by atoms with van der Waals surface area (Å²) in [5, 5.41) is 14.8. The normalized spacial score (nSPS) is 11.8. The van der Waals surface area contributed by atoms with Gasteiger partial charge in [0.1, 0.15) is 6.33 Å². The van der Waals surface area contributed by atoms with Gasteiger partial charge in [-0.15, -0.1) is 0 Å². The number of aromatic nitrogens is 6. The summed E-state index contributed by atoms with van der Waals surface area (Å²) >= 11 is 0. The number of hydrogen-bond donors (Lipinski definition) is 2. The van der Waals surface area contributed by atoms with Crippen molar-refractivity contribution in [3.63, 3.8) is 0 Å². The molecule has 0 radical (unpaired) electrons. The Kier molecular flexibility index (Phi) is 7.54. The van der Waals surface area contributed by atoms with E-state index in [0.29, 0.717) is 22.5 Å². The number of fused-ring (bicyclic) bond motifs is 1. The first-order valence-corrected chi connectivity index (χ1v) is 11.1. The number of anilines is 2. The van der Waals surface area contributed by atoms with Crippen molar-refractivity contribution in [2.75, 3.05) is 17.2 Å². The van der Waals surface area contributed by atoms with Gasteiger partial charge in [0.05, 0.1) is 31.8 Å². The van der Waals surface area contributed by atoms with E-state index >= 15 is 0 Å². The summed E-state index contributed by atoms with van der Waals surface area (Å²) in [6, 6.07) is 11.7. The molecule has 1 aromatic carbocycles. The Morgan fingerprint density at radius 2 is 1.89 bits per heavy atom. The summed E-state index contributed by atoms with van der Waals surface area (Å²) in [7, 11) is 0. The molecule has 35 heavy (non-hydrogen) atoms. The van der Waals surface area contributed by atoms with Crippen molar-refractivity contribution in [1.29, 1.82) is 5.26 Å². The molecule has 11 nitrogen and oxygen atoms in total. The second-order valence-corrected chi connectivity index (χ2v) is 7.99. The van der Waals surface area contributed by atoms with Gasteiger partial charge in [-0.25, -0.2) is 24.9 Å². The van der Waals surface area contributed by atoms with Crippen LogP contribution < -0.4 is 10.6 Å². The Bertz CT molecular complexity index is 1310. The van der Waals surface area contributed by atoms with Crippen LogP contribution in [0.2, 0.25) is 0 Å². The molecular formula is C24H25N9O2. The Balaban J connectivity index is 1.50. The van der Waals surface area contributed by atoms with Crippen LogP contribution in [-0.4, -0.2) is 42.0 Å². The topological polar surface area (TPSA) is 144 Å². The molecule has 3 aromatic heterocycles. The number of benzene rings is 1. The molecule has 0 spiro atoms. The van der Waals surface area contributed by atoms with Gasteiger partial charge >= 0.3 is 0 Å². The number of hydrogen-bond acceptors (Lipinski definition) is 9. The lowest BCUT2D eigenvalue weighted by Gasteiger charge is -2.19. The number of rotatable bonds is 10. The SMILES string of the molecule is CC(C)n1cnc2c(NC(OCCC#N)c3cnc(NC(=O)Cc4ccccc4)nc3)ncnc21. The first kappa shape index (κ1) is 23.7. The van der Waals surface area contributed by atoms with Gasteiger partial charge < -0.3 is 14.6 Å². The fourth-order valence-electron chi connectivity index (χ4n) is 3.39. The lowest BCUT2D eigenvalue weighted by molar-refractivity contribution is -0.115. The maximum absolute atomic E-state index is 12.3. The quantitative estimate of drug-likeness (QED) is 0.262. The Morgan fingerprint density at radius 3 is 2.60 bits per heavy atom. The van der Waals surface area contributed by atoms with Crippen LogP contribution >= 0.6 is 0 Å². The van der Waals surface area contributed by atoms with Gasteiger partial charge in [-0.2, -0.15) is 5.26 Å². The fraction of sp³-hybridized carbons (Fsp3) is 0.292. The second-order valence-electron chi connectivity index (χ2n) is 7.99. The zero-order valence-corrected chi connectivity index (χ0v) is 19.4. The van der Waals surface area contributed by atoms with Crippen LogP contribution in [0.3, 0.4) is 0 Å². The van der Waals surface area contributed by atoms with Crippen LogP contribution in [0.25, 0.3) is 11.2 Å². The van der Waals surface area contributed by atoms with E-state index in [1.807, 2.05) is 48.7 Å². The van der Waals surface area contributed by atoms with E-state index in [4.69, 9.17) is 10.00 Å². The molecule has 4 rings (SSSR count). The van der Waals surface area contributed by atoms with Crippen LogP contribution in [0.4, 0.5) is 11.8 Å². The molecule has 0 aliphatic carbocycles. The molecule has 178 valence electrons. The number of carbonyl (C=O) groups excluding carboxylic acids is 1. The number of nitriles is 1. The predicted molar refractivity (Wildman–Crippen MR) is 129 cm³/mol. The minimum atomic E-state index is -0.695. The average molecular weight is 472 g/mol. The maximum atomic E-state index is 12.3. The molecular weight excluding hydrogens is 446 g/mol. The largest absolute Gasteiger partial charge is 0.353 e. The van der Waals surface area contributed by atoms with Crippen molar-refractivity contribution >= 4 is 28.8 Å². The number of nitrogens with zero attached hydrogens (tertiary/aromatic N) is 7. The molecule has 0 aliphatic rings. The second kappa shape index (κ2) is 11.1. The van der Waals surface area contributed by atoms with Crippen molar-refractivity contribution < 1.29 is 9.53 Å². The number of amides is 1. The summed E-state index contributed by atoms with van der Waals surface area (Å²) in [6.45, 7) is 4.28. The highest BCUT2D eigenvalue weighted by Crippen LogP contribution is 2.25. The van der Waals surface area contributed by atoms with Gasteiger partial charge in [-0.1, -0.05) is 30.3 Å². The van der Waals surface area contributed by atoms with E-state index in [1.165, 1.54) is 6.33 Å². The molecule has 3 heterocycles. The molecule has 0 bridgehead atoms. The molecule has 0 aliphatic heterocycles. The first-order chi connectivity index (χ1) is 17.0. The van der Waals surface area contributed by atoms with Gasteiger partial charge in [0.25, 0.3) is 0 Å². The van der Waals surface area contributed by atoms with Crippen molar-refractivity contribution in [1.82, 2.24) is 29.5 Å². The summed E-state index contributed by atoms with van der Waals surface area (Å²) in [4.78, 5) is 34.0. The molecule has 4 aromatic rings. The van der Waals surface area contributed by atoms with Gasteiger partial charge in [0.2, 0.25) is 11.9 Å². The molecule has 1 atom stereocenters. The zero-order chi connectivity index (χ0) is 24.6. The van der Waals surface area contributed by atoms with Gasteiger partial charge in [0, 0.05) is 24.0 Å². The Morgan fingerprint density at radius 1 is 1.11 bits per heavy atom. The Labute approximate surface area is 202 Å². The molecule has 11 heteroatoms. The monoisotopic (exact) mass is 471 g/mol. The lowest BCUT2D eigenvalue weighted by atomic mass is 10.1. The van der Waals surface area contributed by atoms with E-state index in [9.17, 15) is 4.79 Å². The van der Waals surface area contributed by atoms with Gasteiger partial charge in [-0.3, -0.25) is 10.1 Å². The van der Waals surface area contributed by atoms with Crippen LogP contribution in [-0.2, 0) is 16.0 Å². The first-order valence-electron chi connectivity index (χ1n) is 11.1. The Hall–Kier alpha value is -4.43. The van der Waals surface area contributed by atoms with E-state index in [0.717, 1.165) is 5.56 Å². The van der Waals surface area contributed by atoms with E-state index in [1.54, 1.807) is 18.7 Å². The van der Waals surface area contributed by atoms with Gasteiger partial charge in [-0.05, 0) is 19.4 Å². The predicted octanol–water partition coefficient (Wildman–Crippen LogP) is 3.42. The van der Waals surface area contributed by atoms with Gasteiger partial charge in [0.15, 0.2) is 23.2 Å². The highest BCUT2D eigenvalue weighted by Gasteiger charge is 2.19. The maximum Gasteiger partial charge on any atom is 0.231 e. The van der Waals surface area contributed by atoms with Crippen LogP contribution in [0.1, 0.15) is 43.7 Å². The lowest BCUT2D eigenvalue weighted by Crippen LogP contribution is -2.19. The number of imidazole rings is 1. The minimum absolute atomic E-state index is 0.184. The molecule has 1 unspecified atom stereocenters. The fourth-order valence-corrected chi connectivity index (χ4v) is 3.39. The average Bonchev–Trinajstić information content (AvgIpc) is 3.30. The number of carbonyl (C=O) groups is 1. The summed E-state index contributed by atoms with van der Waals surface area (Å²) in [6.07, 6.45) is 6.03. The molecule has 0 saturated heterocycles. The van der Waals surface area contributed by atoms with Crippen molar-refractivity contribution in [3.05, 3.63) is 66.5 Å². The van der Waals surface area contributed by atoms with E-state index in [2.05, 4.69) is 41.6 Å². The third kappa shape index (κ3) is 5.93. The van der Waals surface area contributed by atoms with Crippen molar-refractivity contribution in [2.45, 2.75) is 39.0 Å². The molecule has 0 saturated carbocycles. The summed E-state index contributed by atoms with van der Waals surface area (Å²) < 4.78 is 7.83. The van der Waals surface area contributed by atoms with Crippen LogP contribution in [0, 0.1) is 11.3 Å². The summed E-state index contributed by atoms with van der Waals surface area (Å²) in [5.74, 6) is 0.454. The van der Waals surface area contributed by atoms with E-state index in [-0.39, 0.29) is 37.3 Å².